The van der Waals surface area contributed by atoms with Crippen molar-refractivity contribution < 1.29 is 15.3 Å². The molecule has 0 heterocycles. The molecule has 4 nitrogen and oxygen atoms in total. The van der Waals surface area contributed by atoms with Crippen molar-refractivity contribution in [3.8, 4) is 11.5 Å². The topological polar surface area (TPSA) is 72.7 Å². The number of aromatic hydroxyl groups is 2. The van der Waals surface area contributed by atoms with Gasteiger partial charge in [0, 0.05) is 12.1 Å². The van der Waals surface area contributed by atoms with Crippen LogP contribution in [0.5, 0.6) is 11.5 Å². The Hall–Kier alpha value is -0.780. The summed E-state index contributed by atoms with van der Waals surface area (Å²) in [5.41, 5.74) is 0.306. The summed E-state index contributed by atoms with van der Waals surface area (Å²) >= 11 is 3.06. The first-order chi connectivity index (χ1) is 6.57. The Morgan fingerprint density at radius 1 is 1.36 bits per heavy atom. The molecule has 0 aromatic heterocycles. The zero-order valence-electron chi connectivity index (χ0n) is 7.66. The van der Waals surface area contributed by atoms with E-state index in [1.807, 2.05) is 0 Å². The highest BCUT2D eigenvalue weighted by molar-refractivity contribution is 9.10. The van der Waals surface area contributed by atoms with Crippen LogP contribution in [-0.4, -0.2) is 28.9 Å². The van der Waals surface area contributed by atoms with Crippen LogP contribution in [0.15, 0.2) is 16.6 Å². The number of nitrogens with one attached hydrogen (secondary N) is 1. The van der Waals surface area contributed by atoms with Crippen molar-refractivity contribution >= 4 is 15.9 Å². The van der Waals surface area contributed by atoms with Crippen LogP contribution in [0.4, 0.5) is 0 Å². The van der Waals surface area contributed by atoms with Crippen LogP contribution in [0.1, 0.15) is 11.7 Å². The average molecular weight is 262 g/mol. The zero-order chi connectivity index (χ0) is 10.7. The number of hydrogen-bond donors (Lipinski definition) is 4. The Balaban J connectivity index is 3.04. The maximum Gasteiger partial charge on any atom is 0.172 e. The van der Waals surface area contributed by atoms with E-state index in [1.54, 1.807) is 19.2 Å². The Labute approximate surface area is 90.3 Å². The molecule has 0 fully saturated rings. The van der Waals surface area contributed by atoms with Crippen molar-refractivity contribution in [3.63, 3.8) is 0 Å². The lowest BCUT2D eigenvalue weighted by Gasteiger charge is -2.13. The van der Waals surface area contributed by atoms with E-state index in [4.69, 9.17) is 0 Å². The number of likely N-dealkylation sites (N-methyl/N-ethyl adjacent to an activating group) is 1. The minimum Gasteiger partial charge on any atom is -0.504 e. The number of rotatable bonds is 3. The second-order valence-electron chi connectivity index (χ2n) is 2.91. The highest BCUT2D eigenvalue weighted by Gasteiger charge is 2.15. The van der Waals surface area contributed by atoms with Gasteiger partial charge in [-0.15, -0.1) is 0 Å². The fourth-order valence-corrected chi connectivity index (χ4v) is 1.46. The molecule has 1 unspecified atom stereocenters. The summed E-state index contributed by atoms with van der Waals surface area (Å²) in [7, 11) is 1.69. The summed E-state index contributed by atoms with van der Waals surface area (Å²) in [4.78, 5) is 0. The molecule has 5 heteroatoms. The van der Waals surface area contributed by atoms with E-state index in [-0.39, 0.29) is 11.5 Å². The molecule has 0 aliphatic heterocycles. The Morgan fingerprint density at radius 2 is 2.00 bits per heavy atom. The molecule has 1 aromatic rings. The van der Waals surface area contributed by atoms with Gasteiger partial charge in [0.15, 0.2) is 11.5 Å². The maximum atomic E-state index is 9.57. The zero-order valence-corrected chi connectivity index (χ0v) is 9.24. The summed E-state index contributed by atoms with van der Waals surface area (Å²) < 4.78 is 0.399. The largest absolute Gasteiger partial charge is 0.504 e. The standard InChI is InChI=1S/C9H12BrNO3/c1-11-4-7(12)5-2-3-6(10)9(14)8(5)13/h2-3,7,11-14H,4H2,1H3. The van der Waals surface area contributed by atoms with Gasteiger partial charge in [0.05, 0.1) is 10.6 Å². The van der Waals surface area contributed by atoms with Crippen LogP contribution in [0.25, 0.3) is 0 Å². The van der Waals surface area contributed by atoms with Gasteiger partial charge in [0.2, 0.25) is 0 Å². The van der Waals surface area contributed by atoms with Crippen LogP contribution in [0.2, 0.25) is 0 Å². The quantitative estimate of drug-likeness (QED) is 0.616. The number of aliphatic hydroxyl groups is 1. The second-order valence-corrected chi connectivity index (χ2v) is 3.76. The molecule has 4 N–H and O–H groups in total. The molecule has 0 spiro atoms. The highest BCUT2D eigenvalue weighted by atomic mass is 79.9. The molecule has 0 bridgehead atoms. The molecule has 1 atom stereocenters. The fourth-order valence-electron chi connectivity index (χ4n) is 1.14. The maximum absolute atomic E-state index is 9.57. The molecule has 0 saturated carbocycles. The average Bonchev–Trinajstić information content (AvgIpc) is 2.15. The number of phenols is 2. The van der Waals surface area contributed by atoms with Crippen molar-refractivity contribution in [2.24, 2.45) is 0 Å². The van der Waals surface area contributed by atoms with Crippen molar-refractivity contribution in [3.05, 3.63) is 22.2 Å². The van der Waals surface area contributed by atoms with Crippen LogP contribution in [0, 0.1) is 0 Å². The Bertz CT molecular complexity index is 330. The minimum atomic E-state index is -0.834. The molecule has 0 aliphatic rings. The molecular weight excluding hydrogens is 250 g/mol. The van der Waals surface area contributed by atoms with E-state index in [9.17, 15) is 15.3 Å². The number of halogens is 1. The Kier molecular flexibility index (Phi) is 3.74. The van der Waals surface area contributed by atoms with E-state index in [1.165, 1.54) is 0 Å². The molecule has 1 aromatic carbocycles. The van der Waals surface area contributed by atoms with Gasteiger partial charge >= 0.3 is 0 Å². The molecule has 1 rings (SSSR count). The minimum absolute atomic E-state index is 0.252. The first-order valence-corrected chi connectivity index (χ1v) is 4.90. The van der Waals surface area contributed by atoms with Gasteiger partial charge in [-0.1, -0.05) is 6.07 Å². The SMILES string of the molecule is CNCC(O)c1ccc(Br)c(O)c1O. The van der Waals surface area contributed by atoms with Crippen molar-refractivity contribution in [2.75, 3.05) is 13.6 Å². The molecule has 14 heavy (non-hydrogen) atoms. The second kappa shape index (κ2) is 4.63. The summed E-state index contributed by atoms with van der Waals surface area (Å²) in [6, 6.07) is 3.13. The predicted molar refractivity (Wildman–Crippen MR) is 56.4 cm³/mol. The van der Waals surface area contributed by atoms with Crippen LogP contribution in [-0.2, 0) is 0 Å². The van der Waals surface area contributed by atoms with E-state index in [2.05, 4.69) is 21.2 Å². The van der Waals surface area contributed by atoms with Crippen molar-refractivity contribution in [1.82, 2.24) is 5.32 Å². The fraction of sp³-hybridized carbons (Fsp3) is 0.333. The lowest BCUT2D eigenvalue weighted by molar-refractivity contribution is 0.173. The number of aliphatic hydroxyl groups excluding tert-OH is 1. The number of phenolic OH excluding ortho intramolecular Hbond substituents is 2. The van der Waals surface area contributed by atoms with E-state index >= 15 is 0 Å². The van der Waals surface area contributed by atoms with Gasteiger partial charge in [-0.3, -0.25) is 0 Å². The molecule has 0 aliphatic carbocycles. The lowest BCUT2D eigenvalue weighted by atomic mass is 10.1. The summed E-state index contributed by atoms with van der Waals surface area (Å²) in [6.07, 6.45) is -0.834. The normalized spacial score (nSPS) is 12.8. The smallest absolute Gasteiger partial charge is 0.172 e. The number of hydrogen-bond acceptors (Lipinski definition) is 4. The van der Waals surface area contributed by atoms with Gasteiger partial charge in [-0.25, -0.2) is 0 Å². The molecule has 0 amide bonds. The van der Waals surface area contributed by atoms with Gasteiger partial charge in [0.1, 0.15) is 0 Å². The van der Waals surface area contributed by atoms with Crippen molar-refractivity contribution in [2.45, 2.75) is 6.10 Å². The first kappa shape index (κ1) is 11.3. The van der Waals surface area contributed by atoms with Crippen LogP contribution >= 0.6 is 15.9 Å². The van der Waals surface area contributed by atoms with Gasteiger partial charge in [-0.05, 0) is 29.0 Å². The summed E-state index contributed by atoms with van der Waals surface area (Å²) in [5.74, 6) is -0.542. The van der Waals surface area contributed by atoms with Gasteiger partial charge in [0.25, 0.3) is 0 Å². The van der Waals surface area contributed by atoms with Crippen molar-refractivity contribution in [1.29, 1.82) is 0 Å². The first-order valence-electron chi connectivity index (χ1n) is 4.11. The number of benzene rings is 1. The Morgan fingerprint density at radius 3 is 2.57 bits per heavy atom. The lowest BCUT2D eigenvalue weighted by Crippen LogP contribution is -2.16. The molecule has 78 valence electrons. The van der Waals surface area contributed by atoms with Gasteiger partial charge < -0.3 is 20.6 Å². The van der Waals surface area contributed by atoms with Crippen LogP contribution < -0.4 is 5.32 Å². The molecule has 0 saturated heterocycles. The highest BCUT2D eigenvalue weighted by Crippen LogP contribution is 2.38. The van der Waals surface area contributed by atoms with E-state index in [0.29, 0.717) is 16.6 Å². The molecule has 0 radical (unpaired) electrons. The molecular formula is C9H12BrNO3. The predicted octanol–water partition coefficient (Wildman–Crippen LogP) is 1.11. The third kappa shape index (κ3) is 2.17. The third-order valence-electron chi connectivity index (χ3n) is 1.89. The third-order valence-corrected chi connectivity index (χ3v) is 2.53. The van der Waals surface area contributed by atoms with E-state index in [0.717, 1.165) is 0 Å². The van der Waals surface area contributed by atoms with Gasteiger partial charge in [-0.2, -0.15) is 0 Å². The summed E-state index contributed by atoms with van der Waals surface area (Å²) in [5, 5.41) is 31.2. The summed E-state index contributed by atoms with van der Waals surface area (Å²) in [6.45, 7) is 0.314. The monoisotopic (exact) mass is 261 g/mol. The van der Waals surface area contributed by atoms with Crippen LogP contribution in [0.3, 0.4) is 0 Å². The van der Waals surface area contributed by atoms with E-state index < -0.39 is 6.10 Å².